The van der Waals surface area contributed by atoms with E-state index in [0.717, 1.165) is 0 Å². The highest BCUT2D eigenvalue weighted by Gasteiger charge is 1.83. The van der Waals surface area contributed by atoms with E-state index in [2.05, 4.69) is 13.5 Å². The molecule has 0 aromatic carbocycles. The predicted molar refractivity (Wildman–Crippen MR) is 33.1 cm³/mol. The smallest absolute Gasteiger partial charge is 0.0171 e. The van der Waals surface area contributed by atoms with E-state index in [0.29, 0.717) is 0 Å². The van der Waals surface area contributed by atoms with Gasteiger partial charge in [0.15, 0.2) is 0 Å². The van der Waals surface area contributed by atoms with Gasteiger partial charge >= 0.3 is 0 Å². The molecule has 0 aliphatic heterocycles. The van der Waals surface area contributed by atoms with Crippen LogP contribution in [-0.4, -0.2) is 18.1 Å². The van der Waals surface area contributed by atoms with Crippen LogP contribution >= 0.6 is 0 Å². The molecule has 0 aromatic heterocycles. The zero-order valence-corrected chi connectivity index (χ0v) is 7.15. The van der Waals surface area contributed by atoms with Gasteiger partial charge in [-0.2, -0.15) is 0 Å². The molecule has 1 radical (unpaired) electrons. The molecule has 0 amide bonds. The van der Waals surface area contributed by atoms with Crippen molar-refractivity contribution in [2.75, 3.05) is 0 Å². The summed E-state index contributed by atoms with van der Waals surface area (Å²) in [7, 11) is 1.32. The molecule has 0 fully saturated rings. The van der Waals surface area contributed by atoms with Crippen LogP contribution in [0.4, 0.5) is 0 Å². The first-order chi connectivity index (χ1) is 2.27. The highest BCUT2D eigenvalue weighted by atomic mass is 29.1. The van der Waals surface area contributed by atoms with Gasteiger partial charge in [0.2, 0.25) is 0 Å². The monoisotopic (exact) mass is 103 g/mol. The third-order valence-corrected chi connectivity index (χ3v) is 3.46. The molecule has 0 rings (SSSR count). The van der Waals surface area contributed by atoms with Crippen molar-refractivity contribution in [1.29, 1.82) is 0 Å². The SMILES string of the molecule is [CH2]C[SiH](C)[SiH3]. The molecule has 0 spiro atoms. The van der Waals surface area contributed by atoms with E-state index < -0.39 is 0 Å². The third-order valence-electron chi connectivity index (χ3n) is 0.577. The van der Waals surface area contributed by atoms with E-state index in [-0.39, 0.29) is 8.31 Å². The lowest BCUT2D eigenvalue weighted by molar-refractivity contribution is 1.69. The van der Waals surface area contributed by atoms with Gasteiger partial charge in [-0.25, -0.2) is 0 Å². The Kier molecular flexibility index (Phi) is 2.89. The van der Waals surface area contributed by atoms with Gasteiger partial charge in [0.05, 0.1) is 0 Å². The molecule has 0 aliphatic rings. The molecule has 31 valence electrons. The lowest BCUT2D eigenvalue weighted by atomic mass is 11.0. The minimum Gasteiger partial charge on any atom is -0.0746 e. The fourth-order valence-corrected chi connectivity index (χ4v) is 0. The first-order valence-electron chi connectivity index (χ1n) is 2.06. The maximum absolute atomic E-state index is 3.78. The highest BCUT2D eigenvalue weighted by Crippen LogP contribution is 1.77. The molecule has 5 heavy (non-hydrogen) atoms. The number of rotatable bonds is 1. The van der Waals surface area contributed by atoms with E-state index >= 15 is 0 Å². The highest BCUT2D eigenvalue weighted by molar-refractivity contribution is 7.02. The first kappa shape index (κ1) is 5.43. The molecular weight excluding hydrogens is 92.2 g/mol. The van der Waals surface area contributed by atoms with Gasteiger partial charge in [0.1, 0.15) is 0 Å². The first-order valence-corrected chi connectivity index (χ1v) is 8.65. The van der Waals surface area contributed by atoms with Crippen molar-refractivity contribution in [1.82, 2.24) is 0 Å². The normalized spacial score (nSPS) is 15.6. The fraction of sp³-hybridized carbons (Fsp3) is 0.667. The topological polar surface area (TPSA) is 0 Å². The molecule has 0 bridgehead atoms. The van der Waals surface area contributed by atoms with Crippen LogP contribution in [0, 0.1) is 6.92 Å². The summed E-state index contributed by atoms with van der Waals surface area (Å²) < 4.78 is 0. The predicted octanol–water partition coefficient (Wildman–Crippen LogP) is -0.461. The molecule has 0 heterocycles. The molecule has 2 heteroatoms. The minimum atomic E-state index is -0.122. The second-order valence-corrected chi connectivity index (χ2v) is 11.0. The second kappa shape index (κ2) is 2.66. The zero-order chi connectivity index (χ0) is 4.28. The maximum atomic E-state index is 3.78. The summed E-state index contributed by atoms with van der Waals surface area (Å²) in [5, 5.41) is 0. The van der Waals surface area contributed by atoms with Crippen molar-refractivity contribution in [2.45, 2.75) is 12.6 Å². The van der Waals surface area contributed by atoms with Gasteiger partial charge in [0, 0.05) is 8.31 Å². The van der Waals surface area contributed by atoms with Crippen molar-refractivity contribution < 1.29 is 0 Å². The van der Waals surface area contributed by atoms with Gasteiger partial charge in [0.25, 0.3) is 0 Å². The molecule has 0 saturated carbocycles. The van der Waals surface area contributed by atoms with Crippen molar-refractivity contribution in [3.8, 4) is 0 Å². The summed E-state index contributed by atoms with van der Waals surface area (Å²) in [6.45, 7) is 6.14. The molecule has 1 atom stereocenters. The lowest BCUT2D eigenvalue weighted by Crippen LogP contribution is -2.01. The van der Waals surface area contributed by atoms with E-state index in [1.54, 1.807) is 0 Å². The summed E-state index contributed by atoms with van der Waals surface area (Å²) in [5.41, 5.74) is 0. The quantitative estimate of drug-likeness (QED) is 0.394. The summed E-state index contributed by atoms with van der Waals surface area (Å²) in [6, 6.07) is 1.26. The van der Waals surface area contributed by atoms with Gasteiger partial charge in [-0.3, -0.25) is 0 Å². The lowest BCUT2D eigenvalue weighted by Gasteiger charge is -1.87. The zero-order valence-electron chi connectivity index (χ0n) is 3.99. The van der Waals surface area contributed by atoms with Crippen LogP contribution in [0.2, 0.25) is 12.6 Å². The molecule has 1 unspecified atom stereocenters. The average Bonchev–Trinajstić information content (AvgIpc) is 1.38. The molecular formula is C3H11Si2. The largest absolute Gasteiger partial charge is 0.0746 e. The Bertz CT molecular complexity index is 18.9. The Hall–Kier alpha value is 0.434. The van der Waals surface area contributed by atoms with Crippen LogP contribution in [0.25, 0.3) is 0 Å². The van der Waals surface area contributed by atoms with E-state index in [4.69, 9.17) is 0 Å². The Balaban J connectivity index is 2.54. The van der Waals surface area contributed by atoms with Crippen molar-refractivity contribution in [3.63, 3.8) is 0 Å². The molecule has 0 aliphatic carbocycles. The average molecular weight is 103 g/mol. The molecule has 0 saturated heterocycles. The van der Waals surface area contributed by atoms with Crippen LogP contribution < -0.4 is 0 Å². The Labute approximate surface area is 38.4 Å². The molecule has 0 aromatic rings. The van der Waals surface area contributed by atoms with Crippen LogP contribution in [-0.2, 0) is 0 Å². The maximum Gasteiger partial charge on any atom is 0.0171 e. The minimum absolute atomic E-state index is 0.122. The third kappa shape index (κ3) is 4.43. The standard InChI is InChI=1S/C3H11Si2/c1-3-5(2)4/h5H,1,3H2,2,4H3. The van der Waals surface area contributed by atoms with Crippen LogP contribution in [0.1, 0.15) is 0 Å². The van der Waals surface area contributed by atoms with Crippen molar-refractivity contribution in [3.05, 3.63) is 6.92 Å². The number of hydrogen-bond donors (Lipinski definition) is 0. The summed E-state index contributed by atoms with van der Waals surface area (Å²) in [5.74, 6) is 0. The van der Waals surface area contributed by atoms with Gasteiger partial charge in [-0.05, 0) is 9.76 Å². The number of hydrogen-bond acceptors (Lipinski definition) is 0. The summed E-state index contributed by atoms with van der Waals surface area (Å²) >= 11 is 0. The van der Waals surface area contributed by atoms with E-state index in [9.17, 15) is 0 Å². The summed E-state index contributed by atoms with van der Waals surface area (Å²) in [4.78, 5) is 0. The van der Waals surface area contributed by atoms with Gasteiger partial charge in [-0.15, -0.1) is 0 Å². The molecule has 0 nitrogen and oxygen atoms in total. The Morgan fingerprint density at radius 1 is 2.00 bits per heavy atom. The van der Waals surface area contributed by atoms with Crippen molar-refractivity contribution in [2.24, 2.45) is 0 Å². The second-order valence-electron chi connectivity index (χ2n) is 1.68. The molecule has 0 N–H and O–H groups in total. The van der Waals surface area contributed by atoms with Gasteiger partial charge in [-0.1, -0.05) is 19.5 Å². The van der Waals surface area contributed by atoms with Crippen LogP contribution in [0.3, 0.4) is 0 Å². The van der Waals surface area contributed by atoms with Crippen LogP contribution in [0.5, 0.6) is 0 Å². The Morgan fingerprint density at radius 3 is 2.20 bits per heavy atom. The van der Waals surface area contributed by atoms with E-state index in [1.165, 1.54) is 15.8 Å². The van der Waals surface area contributed by atoms with Crippen LogP contribution in [0.15, 0.2) is 0 Å². The van der Waals surface area contributed by atoms with Crippen molar-refractivity contribution >= 4 is 18.1 Å². The van der Waals surface area contributed by atoms with Gasteiger partial charge < -0.3 is 0 Å². The Morgan fingerprint density at radius 2 is 2.20 bits per heavy atom. The summed E-state index contributed by atoms with van der Waals surface area (Å²) in [6.07, 6.45) is 0. The fourth-order valence-electron chi connectivity index (χ4n) is 0. The van der Waals surface area contributed by atoms with E-state index in [1.807, 2.05) is 0 Å².